The monoisotopic (exact) mass is 645 g/mol. The first-order valence-corrected chi connectivity index (χ1v) is 14.1. The van der Waals surface area contributed by atoms with E-state index in [9.17, 15) is 35.9 Å². The van der Waals surface area contributed by atoms with Crippen LogP contribution in [0.5, 0.6) is 11.5 Å². The molecule has 44 heavy (non-hydrogen) atoms. The summed E-state index contributed by atoms with van der Waals surface area (Å²) in [5.74, 6) is -0.275. The van der Waals surface area contributed by atoms with E-state index in [4.69, 9.17) is 14.2 Å². The summed E-state index contributed by atoms with van der Waals surface area (Å²) < 4.78 is 95.6. The van der Waals surface area contributed by atoms with Crippen molar-refractivity contribution >= 4 is 35.0 Å². The van der Waals surface area contributed by atoms with E-state index in [2.05, 4.69) is 4.99 Å². The Bertz CT molecular complexity index is 1480. The second-order valence-corrected chi connectivity index (χ2v) is 11.8. The van der Waals surface area contributed by atoms with Crippen molar-refractivity contribution in [3.05, 3.63) is 63.6 Å². The molecule has 0 unspecified atom stereocenters. The molecule has 238 valence electrons. The minimum absolute atomic E-state index is 0.0490. The first-order chi connectivity index (χ1) is 20.4. The Labute approximate surface area is 253 Å². The van der Waals surface area contributed by atoms with Crippen LogP contribution < -0.4 is 9.47 Å². The van der Waals surface area contributed by atoms with Gasteiger partial charge in [0.1, 0.15) is 12.2 Å². The maximum Gasteiger partial charge on any atom is 0.416 e. The fourth-order valence-corrected chi connectivity index (χ4v) is 5.25. The Morgan fingerprint density at radius 3 is 2.23 bits per heavy atom. The molecular weight excluding hydrogens is 616 g/mol. The van der Waals surface area contributed by atoms with Crippen molar-refractivity contribution in [1.82, 2.24) is 9.80 Å². The van der Waals surface area contributed by atoms with Crippen LogP contribution in [0.15, 0.2) is 46.3 Å². The minimum atomic E-state index is -5.03. The van der Waals surface area contributed by atoms with E-state index in [1.807, 2.05) is 4.90 Å². The van der Waals surface area contributed by atoms with Crippen LogP contribution in [0.2, 0.25) is 0 Å². The molecular formula is C29H29F6N3O5S. The van der Waals surface area contributed by atoms with Crippen molar-refractivity contribution in [2.24, 2.45) is 4.99 Å². The van der Waals surface area contributed by atoms with Crippen LogP contribution in [0.25, 0.3) is 6.08 Å². The number of thioether (sulfide) groups is 1. The minimum Gasteiger partial charge on any atom is -0.493 e. The number of amidine groups is 1. The topological polar surface area (TPSA) is 80.7 Å². The quantitative estimate of drug-likeness (QED) is 0.260. The van der Waals surface area contributed by atoms with Crippen LogP contribution >= 0.6 is 11.8 Å². The summed E-state index contributed by atoms with van der Waals surface area (Å²) >= 11 is 1.17. The highest BCUT2D eigenvalue weighted by Crippen LogP contribution is 2.39. The number of amides is 2. The number of nitrogens with zero attached hydrogens (tertiary/aromatic N) is 3. The molecule has 15 heteroatoms. The highest BCUT2D eigenvalue weighted by Gasteiger charge is 2.38. The average molecular weight is 646 g/mol. The number of ether oxygens (including phenoxy) is 3. The fourth-order valence-electron chi connectivity index (χ4n) is 4.28. The van der Waals surface area contributed by atoms with E-state index < -0.39 is 53.3 Å². The molecule has 2 aromatic rings. The van der Waals surface area contributed by atoms with Gasteiger partial charge in [0.15, 0.2) is 16.7 Å². The average Bonchev–Trinajstić information content (AvgIpc) is 3.30. The van der Waals surface area contributed by atoms with Gasteiger partial charge < -0.3 is 24.0 Å². The summed E-state index contributed by atoms with van der Waals surface area (Å²) in [5, 5.41) is 0.494. The SMILES string of the molecule is COc1cc(/C=C2\SC(N3CCN(C(=O)OC(C)(C)C)CC3)=NC2=O)ccc1OCc1ccc(C(F)(F)F)cc1C(F)(F)F. The summed E-state index contributed by atoms with van der Waals surface area (Å²) in [4.78, 5) is 32.9. The summed E-state index contributed by atoms with van der Waals surface area (Å²) in [6.45, 7) is 6.41. The van der Waals surface area contributed by atoms with Crippen LogP contribution in [0, 0.1) is 0 Å². The largest absolute Gasteiger partial charge is 0.493 e. The molecule has 0 radical (unpaired) electrons. The van der Waals surface area contributed by atoms with Gasteiger partial charge in [-0.15, -0.1) is 0 Å². The molecule has 0 saturated carbocycles. The molecule has 2 aliphatic heterocycles. The maximum atomic E-state index is 13.5. The number of hydrogen-bond donors (Lipinski definition) is 0. The number of halogens is 6. The lowest BCUT2D eigenvalue weighted by molar-refractivity contribution is -0.143. The third-order valence-corrected chi connectivity index (χ3v) is 7.47. The number of alkyl halides is 6. The predicted molar refractivity (Wildman–Crippen MR) is 151 cm³/mol. The predicted octanol–water partition coefficient (Wildman–Crippen LogP) is 6.83. The van der Waals surface area contributed by atoms with Gasteiger partial charge in [0.25, 0.3) is 5.91 Å². The zero-order chi connectivity index (χ0) is 32.4. The van der Waals surface area contributed by atoms with Crippen molar-refractivity contribution < 1.29 is 50.1 Å². The van der Waals surface area contributed by atoms with E-state index in [-0.39, 0.29) is 17.6 Å². The van der Waals surface area contributed by atoms with E-state index in [0.717, 1.165) is 6.07 Å². The number of aliphatic imine (C=N–C) groups is 1. The first-order valence-electron chi connectivity index (χ1n) is 13.3. The lowest BCUT2D eigenvalue weighted by atomic mass is 10.0. The van der Waals surface area contributed by atoms with E-state index in [1.54, 1.807) is 37.8 Å². The Kier molecular flexibility index (Phi) is 9.47. The molecule has 8 nitrogen and oxygen atoms in total. The Balaban J connectivity index is 1.41. The van der Waals surface area contributed by atoms with E-state index in [1.165, 1.54) is 31.0 Å². The van der Waals surface area contributed by atoms with Gasteiger partial charge in [-0.1, -0.05) is 12.1 Å². The zero-order valence-electron chi connectivity index (χ0n) is 24.1. The summed E-state index contributed by atoms with van der Waals surface area (Å²) in [5.41, 5.74) is -3.45. The maximum absolute atomic E-state index is 13.5. The van der Waals surface area contributed by atoms with E-state index >= 15 is 0 Å². The number of carbonyl (C=O) groups excluding carboxylic acids is 2. The number of carbonyl (C=O) groups is 2. The first kappa shape index (κ1) is 33.0. The molecule has 1 fully saturated rings. The summed E-state index contributed by atoms with van der Waals surface area (Å²) in [7, 11) is 1.31. The molecule has 2 aliphatic rings. The molecule has 4 rings (SSSR count). The number of benzene rings is 2. The van der Waals surface area contributed by atoms with Crippen molar-refractivity contribution in [1.29, 1.82) is 0 Å². The van der Waals surface area contributed by atoms with Crippen LogP contribution in [-0.2, 0) is 28.5 Å². The van der Waals surface area contributed by atoms with Crippen LogP contribution in [0.1, 0.15) is 43.0 Å². The smallest absolute Gasteiger partial charge is 0.416 e. The molecule has 0 atom stereocenters. The molecule has 0 N–H and O–H groups in total. The van der Waals surface area contributed by atoms with Crippen molar-refractivity contribution in [2.45, 2.75) is 45.3 Å². The number of piperazine rings is 1. The van der Waals surface area contributed by atoms with Gasteiger partial charge in [-0.2, -0.15) is 31.3 Å². The number of rotatable bonds is 5. The molecule has 0 bridgehead atoms. The number of methoxy groups -OCH3 is 1. The normalized spacial score (nSPS) is 17.2. The van der Waals surface area contributed by atoms with Crippen molar-refractivity contribution in [3.8, 4) is 11.5 Å². The van der Waals surface area contributed by atoms with Crippen molar-refractivity contribution in [2.75, 3.05) is 33.3 Å². The van der Waals surface area contributed by atoms with Crippen LogP contribution in [-0.4, -0.2) is 65.9 Å². The van der Waals surface area contributed by atoms with Gasteiger partial charge in [0.2, 0.25) is 0 Å². The molecule has 0 aromatic heterocycles. The highest BCUT2D eigenvalue weighted by molar-refractivity contribution is 8.18. The van der Waals surface area contributed by atoms with Crippen LogP contribution in [0.3, 0.4) is 0 Å². The second-order valence-electron chi connectivity index (χ2n) is 10.8. The second kappa shape index (κ2) is 12.6. The van der Waals surface area contributed by atoms with Gasteiger partial charge in [-0.3, -0.25) is 4.79 Å². The molecule has 0 spiro atoms. The standard InChI is InChI=1S/C29H29F6N3O5S/c1-27(2,3)43-26(40)38-11-9-37(10-12-38)25-36-24(39)23(44-25)14-17-5-8-21(22(13-17)41-4)42-16-18-6-7-19(28(30,31)32)15-20(18)29(33,34)35/h5-8,13-15H,9-12,16H2,1-4H3/b23-14-. The highest BCUT2D eigenvalue weighted by atomic mass is 32.2. The number of hydrogen-bond acceptors (Lipinski definition) is 7. The summed E-state index contributed by atoms with van der Waals surface area (Å²) in [6, 6.07) is 5.82. The molecule has 2 heterocycles. The van der Waals surface area contributed by atoms with Crippen LogP contribution in [0.4, 0.5) is 31.1 Å². The summed E-state index contributed by atoms with van der Waals surface area (Å²) in [6.07, 6.45) is -8.80. The van der Waals surface area contributed by atoms with E-state index in [0.29, 0.717) is 47.9 Å². The molecule has 1 saturated heterocycles. The third-order valence-electron chi connectivity index (χ3n) is 6.42. The van der Waals surface area contributed by atoms with Gasteiger partial charge in [0, 0.05) is 31.7 Å². The third kappa shape index (κ3) is 8.18. The Hall–Kier alpha value is -3.88. The lowest BCUT2D eigenvalue weighted by Gasteiger charge is -2.36. The Morgan fingerprint density at radius 2 is 1.64 bits per heavy atom. The molecule has 2 amide bonds. The molecule has 0 aliphatic carbocycles. The van der Waals surface area contributed by atoms with Crippen molar-refractivity contribution in [3.63, 3.8) is 0 Å². The molecule has 2 aromatic carbocycles. The lowest BCUT2D eigenvalue weighted by Crippen LogP contribution is -2.51. The van der Waals surface area contributed by atoms with Gasteiger partial charge in [0.05, 0.1) is 23.1 Å². The Morgan fingerprint density at radius 1 is 0.955 bits per heavy atom. The zero-order valence-corrected chi connectivity index (χ0v) is 25.0. The van der Waals surface area contributed by atoms with Gasteiger partial charge in [-0.25, -0.2) is 4.79 Å². The fraction of sp³-hybridized carbons (Fsp3) is 0.414. The van der Waals surface area contributed by atoms with Gasteiger partial charge >= 0.3 is 18.4 Å². The van der Waals surface area contributed by atoms with Gasteiger partial charge in [-0.05, 0) is 68.4 Å².